The van der Waals surface area contributed by atoms with Gasteiger partial charge in [-0.3, -0.25) is 4.90 Å². The monoisotopic (exact) mass is 180 g/mol. The van der Waals surface area contributed by atoms with Gasteiger partial charge in [0.05, 0.1) is 12.6 Å². The molecule has 13 heavy (non-hydrogen) atoms. The quantitative estimate of drug-likeness (QED) is 0.654. The van der Waals surface area contributed by atoms with Gasteiger partial charge in [0.1, 0.15) is 0 Å². The highest BCUT2D eigenvalue weighted by Crippen LogP contribution is 2.02. The smallest absolute Gasteiger partial charge is 0.0690 e. The first-order valence-electron chi connectivity index (χ1n) is 5.31. The highest BCUT2D eigenvalue weighted by molar-refractivity contribution is 5.10. The summed E-state index contributed by atoms with van der Waals surface area (Å²) in [5.41, 5.74) is 0. The molecule has 0 aliphatic carbocycles. The minimum atomic E-state index is 0.468. The summed E-state index contributed by atoms with van der Waals surface area (Å²) in [5.74, 6) is 6.52. The first-order valence-corrected chi connectivity index (χ1v) is 5.31. The van der Waals surface area contributed by atoms with Crippen molar-refractivity contribution in [3.63, 3.8) is 0 Å². The molecule has 0 radical (unpaired) electrons. The van der Waals surface area contributed by atoms with Crippen molar-refractivity contribution in [3.05, 3.63) is 0 Å². The first kappa shape index (κ1) is 10.6. The van der Waals surface area contributed by atoms with Crippen LogP contribution in [0.5, 0.6) is 0 Å². The van der Waals surface area contributed by atoms with Gasteiger partial charge in [0.15, 0.2) is 0 Å². The summed E-state index contributed by atoms with van der Waals surface area (Å²) >= 11 is 0. The molecule has 1 unspecified atom stereocenters. The molecule has 2 heteroatoms. The van der Waals surface area contributed by atoms with Gasteiger partial charge in [-0.15, -0.1) is 0 Å². The average molecular weight is 180 g/mol. The zero-order valence-electron chi connectivity index (χ0n) is 8.77. The molecule has 1 aliphatic rings. The van der Waals surface area contributed by atoms with Gasteiger partial charge in [-0.2, -0.15) is 0 Å². The van der Waals surface area contributed by atoms with E-state index in [2.05, 4.69) is 35.9 Å². The van der Waals surface area contributed by atoms with Crippen LogP contribution in [0.3, 0.4) is 0 Å². The van der Waals surface area contributed by atoms with Crippen LogP contribution < -0.4 is 5.32 Å². The molecule has 0 spiro atoms. The standard InChI is InChI=1S/C11H20N2/c1-3-13(4-2)10-6-8-11-7-5-9-12-11/h11-12H,3-5,7,9-10H2,1-2H3. The number of nitrogens with zero attached hydrogens (tertiary/aromatic N) is 1. The summed E-state index contributed by atoms with van der Waals surface area (Å²) < 4.78 is 0. The lowest BCUT2D eigenvalue weighted by Crippen LogP contribution is -2.24. The molecule has 74 valence electrons. The van der Waals surface area contributed by atoms with E-state index in [-0.39, 0.29) is 0 Å². The number of hydrogen-bond donors (Lipinski definition) is 1. The normalized spacial score (nSPS) is 21.6. The van der Waals surface area contributed by atoms with E-state index in [1.807, 2.05) is 0 Å². The fourth-order valence-electron chi connectivity index (χ4n) is 1.54. The Morgan fingerprint density at radius 1 is 1.38 bits per heavy atom. The lowest BCUT2D eigenvalue weighted by molar-refractivity contribution is 0.342. The molecule has 1 fully saturated rings. The van der Waals surface area contributed by atoms with E-state index < -0.39 is 0 Å². The van der Waals surface area contributed by atoms with Crippen molar-refractivity contribution in [2.24, 2.45) is 0 Å². The fourth-order valence-corrected chi connectivity index (χ4v) is 1.54. The Hall–Kier alpha value is -0.520. The molecule has 1 heterocycles. The second kappa shape index (κ2) is 6.01. The second-order valence-corrected chi connectivity index (χ2v) is 3.43. The Morgan fingerprint density at radius 3 is 2.69 bits per heavy atom. The minimum absolute atomic E-state index is 0.468. The molecule has 0 aromatic carbocycles. The van der Waals surface area contributed by atoms with Crippen molar-refractivity contribution in [1.29, 1.82) is 0 Å². The van der Waals surface area contributed by atoms with Crippen LogP contribution in [0.4, 0.5) is 0 Å². The lowest BCUT2D eigenvalue weighted by Gasteiger charge is -2.13. The maximum absolute atomic E-state index is 3.37. The van der Waals surface area contributed by atoms with E-state index in [1.54, 1.807) is 0 Å². The van der Waals surface area contributed by atoms with Gasteiger partial charge >= 0.3 is 0 Å². The third-order valence-corrected chi connectivity index (χ3v) is 2.53. The third kappa shape index (κ3) is 3.80. The van der Waals surface area contributed by atoms with Gasteiger partial charge < -0.3 is 5.32 Å². The number of hydrogen-bond acceptors (Lipinski definition) is 2. The fraction of sp³-hybridized carbons (Fsp3) is 0.818. The van der Waals surface area contributed by atoms with E-state index in [9.17, 15) is 0 Å². The molecule has 0 aromatic rings. The molecule has 0 aromatic heterocycles. The summed E-state index contributed by atoms with van der Waals surface area (Å²) in [6.07, 6.45) is 2.51. The third-order valence-electron chi connectivity index (χ3n) is 2.53. The van der Waals surface area contributed by atoms with Crippen LogP contribution in [0.1, 0.15) is 26.7 Å². The van der Waals surface area contributed by atoms with Gasteiger partial charge in [0.25, 0.3) is 0 Å². The van der Waals surface area contributed by atoms with E-state index in [0.29, 0.717) is 6.04 Å². The topological polar surface area (TPSA) is 15.3 Å². The second-order valence-electron chi connectivity index (χ2n) is 3.43. The Balaban J connectivity index is 2.21. The van der Waals surface area contributed by atoms with Gasteiger partial charge in [-0.05, 0) is 32.5 Å². The van der Waals surface area contributed by atoms with Crippen molar-refractivity contribution in [2.75, 3.05) is 26.2 Å². The summed E-state index contributed by atoms with van der Waals surface area (Å²) in [6.45, 7) is 8.63. The highest BCUT2D eigenvalue weighted by atomic mass is 15.1. The maximum Gasteiger partial charge on any atom is 0.0690 e. The minimum Gasteiger partial charge on any atom is -0.304 e. The number of nitrogens with one attached hydrogen (secondary N) is 1. The molecule has 1 N–H and O–H groups in total. The highest BCUT2D eigenvalue weighted by Gasteiger charge is 2.09. The zero-order chi connectivity index (χ0) is 9.52. The van der Waals surface area contributed by atoms with E-state index in [0.717, 1.165) is 26.2 Å². The van der Waals surface area contributed by atoms with Crippen molar-refractivity contribution in [2.45, 2.75) is 32.7 Å². The molecule has 0 amide bonds. The van der Waals surface area contributed by atoms with Crippen LogP contribution in [-0.4, -0.2) is 37.1 Å². The molecule has 0 bridgehead atoms. The zero-order valence-corrected chi connectivity index (χ0v) is 8.77. The Labute approximate surface area is 81.7 Å². The van der Waals surface area contributed by atoms with E-state index in [1.165, 1.54) is 12.8 Å². The number of rotatable bonds is 3. The van der Waals surface area contributed by atoms with Crippen molar-refractivity contribution in [3.8, 4) is 11.8 Å². The van der Waals surface area contributed by atoms with Crippen LogP contribution in [0.2, 0.25) is 0 Å². The molecule has 1 rings (SSSR count). The molecule has 1 saturated heterocycles. The molecule has 2 nitrogen and oxygen atoms in total. The van der Waals surface area contributed by atoms with Gasteiger partial charge in [-0.25, -0.2) is 0 Å². The van der Waals surface area contributed by atoms with Crippen LogP contribution in [0, 0.1) is 11.8 Å². The molecular weight excluding hydrogens is 160 g/mol. The van der Waals surface area contributed by atoms with Crippen LogP contribution >= 0.6 is 0 Å². The van der Waals surface area contributed by atoms with Gasteiger partial charge in [-0.1, -0.05) is 25.7 Å². The summed E-state index contributed by atoms with van der Waals surface area (Å²) in [4.78, 5) is 2.34. The summed E-state index contributed by atoms with van der Waals surface area (Å²) in [5, 5.41) is 3.37. The van der Waals surface area contributed by atoms with Crippen LogP contribution in [0.25, 0.3) is 0 Å². The Bertz CT molecular complexity index is 180. The summed E-state index contributed by atoms with van der Waals surface area (Å²) in [7, 11) is 0. The first-order chi connectivity index (χ1) is 6.36. The van der Waals surface area contributed by atoms with Gasteiger partial charge in [0.2, 0.25) is 0 Å². The van der Waals surface area contributed by atoms with E-state index in [4.69, 9.17) is 0 Å². The molecule has 0 saturated carbocycles. The largest absolute Gasteiger partial charge is 0.304 e. The molecular formula is C11H20N2. The van der Waals surface area contributed by atoms with Crippen molar-refractivity contribution < 1.29 is 0 Å². The average Bonchev–Trinajstić information content (AvgIpc) is 2.65. The van der Waals surface area contributed by atoms with Gasteiger partial charge in [0, 0.05) is 0 Å². The lowest BCUT2D eigenvalue weighted by atomic mass is 10.2. The summed E-state index contributed by atoms with van der Waals surface area (Å²) in [6, 6.07) is 0.468. The predicted octanol–water partition coefficient (Wildman–Crippen LogP) is 1.08. The SMILES string of the molecule is CCN(CC)CC#CC1CCCN1. The van der Waals surface area contributed by atoms with E-state index >= 15 is 0 Å². The molecule has 1 aliphatic heterocycles. The van der Waals surface area contributed by atoms with Crippen LogP contribution in [-0.2, 0) is 0 Å². The maximum atomic E-state index is 3.37. The Morgan fingerprint density at radius 2 is 2.15 bits per heavy atom. The van der Waals surface area contributed by atoms with Crippen molar-refractivity contribution in [1.82, 2.24) is 10.2 Å². The molecule has 1 atom stereocenters. The predicted molar refractivity (Wildman–Crippen MR) is 56.6 cm³/mol. The van der Waals surface area contributed by atoms with Crippen molar-refractivity contribution >= 4 is 0 Å². The van der Waals surface area contributed by atoms with Crippen LogP contribution in [0.15, 0.2) is 0 Å². The Kier molecular flexibility index (Phi) is 4.88.